The van der Waals surface area contributed by atoms with Crippen molar-refractivity contribution in [3.05, 3.63) is 48.0 Å². The molecule has 0 aliphatic carbocycles. The number of ether oxygens (including phenoxy) is 2. The van der Waals surface area contributed by atoms with Crippen LogP contribution >= 0.6 is 0 Å². The van der Waals surface area contributed by atoms with Gasteiger partial charge in [0.1, 0.15) is 11.6 Å². The zero-order valence-electron chi connectivity index (χ0n) is 15.4. The molecular weight excluding hydrogens is 318 g/mol. The van der Waals surface area contributed by atoms with Crippen molar-refractivity contribution in [1.82, 2.24) is 14.5 Å². The predicted octanol–water partition coefficient (Wildman–Crippen LogP) is 2.65. The monoisotopic (exact) mass is 345 g/mol. The van der Waals surface area contributed by atoms with Crippen molar-refractivity contribution in [2.45, 2.75) is 39.4 Å². The minimum absolute atomic E-state index is 0.0219. The number of aryl methyl sites for hydroxylation is 2. The van der Waals surface area contributed by atoms with Crippen LogP contribution < -0.4 is 4.74 Å². The summed E-state index contributed by atoms with van der Waals surface area (Å²) >= 11 is 0. The maximum atomic E-state index is 12.9. The topological polar surface area (TPSA) is 56.6 Å². The number of nitrogens with zero attached hydrogens (tertiary/aromatic N) is 3. The van der Waals surface area contributed by atoms with Crippen LogP contribution in [0.15, 0.2) is 36.7 Å². The summed E-state index contributed by atoms with van der Waals surface area (Å²) in [5, 5.41) is 0. The van der Waals surface area contributed by atoms with E-state index in [1.807, 2.05) is 53.8 Å². The lowest BCUT2D eigenvalue weighted by Gasteiger charge is -2.29. The zero-order chi connectivity index (χ0) is 18.2. The number of amides is 1. The fourth-order valence-corrected chi connectivity index (χ4v) is 2.84. The van der Waals surface area contributed by atoms with E-state index in [4.69, 9.17) is 9.47 Å². The van der Waals surface area contributed by atoms with Gasteiger partial charge in [-0.15, -0.1) is 0 Å². The van der Waals surface area contributed by atoms with Gasteiger partial charge in [0.2, 0.25) is 5.91 Å². The summed E-state index contributed by atoms with van der Waals surface area (Å²) in [6.07, 6.45) is 4.06. The smallest absolute Gasteiger partial charge is 0.224 e. The Morgan fingerprint density at radius 3 is 2.72 bits per heavy atom. The molecule has 2 rings (SSSR count). The summed E-state index contributed by atoms with van der Waals surface area (Å²) < 4.78 is 12.7. The zero-order valence-corrected chi connectivity index (χ0v) is 15.4. The lowest BCUT2D eigenvalue weighted by atomic mass is 10.1. The van der Waals surface area contributed by atoms with Crippen LogP contribution in [0.4, 0.5) is 0 Å². The Balaban J connectivity index is 2.11. The van der Waals surface area contributed by atoms with E-state index < -0.39 is 0 Å². The minimum atomic E-state index is -0.0219. The van der Waals surface area contributed by atoms with Crippen LogP contribution in [-0.4, -0.2) is 47.2 Å². The average Bonchev–Trinajstić information content (AvgIpc) is 3.03. The molecule has 1 heterocycles. The molecule has 0 spiro atoms. The molecule has 0 saturated carbocycles. The van der Waals surface area contributed by atoms with Crippen molar-refractivity contribution in [2.24, 2.45) is 0 Å². The van der Waals surface area contributed by atoms with Crippen LogP contribution in [0.25, 0.3) is 0 Å². The lowest BCUT2D eigenvalue weighted by molar-refractivity contribution is -0.135. The number of hydrogen-bond donors (Lipinski definition) is 0. The first-order valence-corrected chi connectivity index (χ1v) is 8.44. The van der Waals surface area contributed by atoms with Crippen molar-refractivity contribution in [3.8, 4) is 5.75 Å². The second-order valence-corrected chi connectivity index (χ2v) is 6.06. The summed E-state index contributed by atoms with van der Waals surface area (Å²) in [4.78, 5) is 18.9. The second kappa shape index (κ2) is 9.22. The molecule has 0 aliphatic heterocycles. The summed E-state index contributed by atoms with van der Waals surface area (Å²) in [6.45, 7) is 5.54. The SMILES string of the molecule is COC[C@@H](C)N(Cc1ccccc1OC)C(=O)CCn1ccnc1C. The Labute approximate surface area is 149 Å². The van der Waals surface area contributed by atoms with Crippen molar-refractivity contribution < 1.29 is 14.3 Å². The van der Waals surface area contributed by atoms with Crippen molar-refractivity contribution in [1.29, 1.82) is 0 Å². The van der Waals surface area contributed by atoms with Crippen LogP contribution in [0, 0.1) is 6.92 Å². The molecule has 0 fully saturated rings. The van der Waals surface area contributed by atoms with Gasteiger partial charge in [0, 0.05) is 44.6 Å². The molecule has 1 aromatic heterocycles. The fourth-order valence-electron chi connectivity index (χ4n) is 2.84. The van der Waals surface area contributed by atoms with Crippen LogP contribution in [0.3, 0.4) is 0 Å². The Morgan fingerprint density at radius 2 is 2.08 bits per heavy atom. The molecule has 2 aromatic rings. The Bertz CT molecular complexity index is 684. The highest BCUT2D eigenvalue weighted by Gasteiger charge is 2.21. The van der Waals surface area contributed by atoms with Crippen molar-refractivity contribution in [3.63, 3.8) is 0 Å². The second-order valence-electron chi connectivity index (χ2n) is 6.06. The molecule has 0 N–H and O–H groups in total. The number of imidazole rings is 1. The van der Waals surface area contributed by atoms with Crippen LogP contribution in [0.2, 0.25) is 0 Å². The van der Waals surface area contributed by atoms with Gasteiger partial charge in [-0.2, -0.15) is 0 Å². The number of aromatic nitrogens is 2. The van der Waals surface area contributed by atoms with E-state index in [0.29, 0.717) is 26.1 Å². The van der Waals surface area contributed by atoms with E-state index in [1.165, 1.54) is 0 Å². The lowest BCUT2D eigenvalue weighted by Crippen LogP contribution is -2.41. The molecule has 0 aliphatic rings. The summed E-state index contributed by atoms with van der Waals surface area (Å²) in [5.41, 5.74) is 0.986. The number of methoxy groups -OCH3 is 2. The number of carbonyl (C=O) groups excluding carboxylic acids is 1. The molecule has 0 bridgehead atoms. The number of para-hydroxylation sites is 1. The quantitative estimate of drug-likeness (QED) is 0.701. The Morgan fingerprint density at radius 1 is 1.32 bits per heavy atom. The van der Waals surface area contributed by atoms with E-state index >= 15 is 0 Å². The Kier molecular flexibility index (Phi) is 7.01. The first kappa shape index (κ1) is 19.0. The minimum Gasteiger partial charge on any atom is -0.496 e. The third-order valence-corrected chi connectivity index (χ3v) is 4.28. The summed E-state index contributed by atoms with van der Waals surface area (Å²) in [6, 6.07) is 7.75. The maximum absolute atomic E-state index is 12.9. The van der Waals surface area contributed by atoms with E-state index in [9.17, 15) is 4.79 Å². The van der Waals surface area contributed by atoms with E-state index in [1.54, 1.807) is 20.4 Å². The summed E-state index contributed by atoms with van der Waals surface area (Å²) in [7, 11) is 3.29. The van der Waals surface area contributed by atoms with E-state index in [0.717, 1.165) is 17.1 Å². The molecule has 1 aromatic carbocycles. The standard InChI is InChI=1S/C19H27N3O3/c1-15(14-24-3)22(13-17-7-5-6-8-18(17)25-4)19(23)9-11-21-12-10-20-16(21)2/h5-8,10,12,15H,9,11,13-14H2,1-4H3/t15-/m1/s1. The van der Waals surface area contributed by atoms with Gasteiger partial charge in [0.05, 0.1) is 19.8 Å². The van der Waals surface area contributed by atoms with E-state index in [2.05, 4.69) is 4.98 Å². The molecule has 25 heavy (non-hydrogen) atoms. The Hall–Kier alpha value is -2.34. The van der Waals surface area contributed by atoms with Crippen LogP contribution in [0.5, 0.6) is 5.75 Å². The molecule has 1 amide bonds. The average molecular weight is 345 g/mol. The van der Waals surface area contributed by atoms with Crippen LogP contribution in [0.1, 0.15) is 24.7 Å². The molecule has 6 nitrogen and oxygen atoms in total. The molecule has 1 atom stereocenters. The van der Waals surface area contributed by atoms with Crippen molar-refractivity contribution in [2.75, 3.05) is 20.8 Å². The highest BCUT2D eigenvalue weighted by Crippen LogP contribution is 2.21. The van der Waals surface area contributed by atoms with E-state index in [-0.39, 0.29) is 11.9 Å². The first-order chi connectivity index (χ1) is 12.1. The maximum Gasteiger partial charge on any atom is 0.224 e. The van der Waals surface area contributed by atoms with Gasteiger partial charge < -0.3 is 18.9 Å². The molecule has 6 heteroatoms. The third kappa shape index (κ3) is 5.06. The first-order valence-electron chi connectivity index (χ1n) is 8.44. The van der Waals surface area contributed by atoms with Gasteiger partial charge in [-0.1, -0.05) is 18.2 Å². The molecule has 0 saturated heterocycles. The third-order valence-electron chi connectivity index (χ3n) is 4.28. The molecule has 0 unspecified atom stereocenters. The van der Waals surface area contributed by atoms with Gasteiger partial charge >= 0.3 is 0 Å². The van der Waals surface area contributed by atoms with Gasteiger partial charge in [0.15, 0.2) is 0 Å². The van der Waals surface area contributed by atoms with Gasteiger partial charge in [-0.25, -0.2) is 4.98 Å². The normalized spacial score (nSPS) is 12.0. The molecular formula is C19H27N3O3. The number of benzene rings is 1. The highest BCUT2D eigenvalue weighted by atomic mass is 16.5. The van der Waals surface area contributed by atoms with Gasteiger partial charge in [-0.3, -0.25) is 4.79 Å². The van der Waals surface area contributed by atoms with Crippen LogP contribution in [-0.2, 0) is 22.6 Å². The predicted molar refractivity (Wildman–Crippen MR) is 96.5 cm³/mol. The number of rotatable bonds is 9. The van der Waals surface area contributed by atoms with Gasteiger partial charge in [0.25, 0.3) is 0 Å². The van der Waals surface area contributed by atoms with Gasteiger partial charge in [-0.05, 0) is 19.9 Å². The van der Waals surface area contributed by atoms with Crippen molar-refractivity contribution >= 4 is 5.91 Å². The number of carbonyl (C=O) groups is 1. The largest absolute Gasteiger partial charge is 0.496 e. The summed E-state index contributed by atoms with van der Waals surface area (Å²) in [5.74, 6) is 1.79. The number of hydrogen-bond acceptors (Lipinski definition) is 4. The fraction of sp³-hybridized carbons (Fsp3) is 0.474. The molecule has 0 radical (unpaired) electrons. The molecule has 136 valence electrons. The highest BCUT2D eigenvalue weighted by molar-refractivity contribution is 5.76.